The number of carbonyl (C=O) groups is 1. The molecule has 2 aromatic carbocycles. The van der Waals surface area contributed by atoms with Crippen molar-refractivity contribution in [1.29, 1.82) is 0 Å². The molecule has 0 saturated heterocycles. The van der Waals surface area contributed by atoms with E-state index in [0.717, 1.165) is 6.26 Å². The highest BCUT2D eigenvalue weighted by atomic mass is 32.2. The third-order valence-electron chi connectivity index (χ3n) is 3.30. The highest BCUT2D eigenvalue weighted by Gasteiger charge is 2.12. The summed E-state index contributed by atoms with van der Waals surface area (Å²) in [4.78, 5) is 16.3. The quantitative estimate of drug-likeness (QED) is 0.534. The van der Waals surface area contributed by atoms with Crippen molar-refractivity contribution >= 4 is 26.9 Å². The summed E-state index contributed by atoms with van der Waals surface area (Å²) < 4.78 is 33.2. The van der Waals surface area contributed by atoms with Crippen molar-refractivity contribution in [3.63, 3.8) is 0 Å². The average Bonchev–Trinajstić information content (AvgIpc) is 2.85. The fourth-order valence-electron chi connectivity index (χ4n) is 2.29. The van der Waals surface area contributed by atoms with E-state index in [4.69, 9.17) is 9.15 Å². The fraction of sp³-hybridized carbons (Fsp3) is 0.176. The van der Waals surface area contributed by atoms with Gasteiger partial charge in [-0.25, -0.2) is 18.2 Å². The number of sulfone groups is 1. The second kappa shape index (κ2) is 6.09. The van der Waals surface area contributed by atoms with E-state index in [9.17, 15) is 13.2 Å². The van der Waals surface area contributed by atoms with Gasteiger partial charge in [-0.2, -0.15) is 0 Å². The zero-order chi connectivity index (χ0) is 17.3. The SMILES string of the molecule is Cc1nc2ccc(OC(=O)c3ccc(CS(C)(=O)=O)cc3)cc2o1. The van der Waals surface area contributed by atoms with Crippen molar-refractivity contribution in [2.75, 3.05) is 6.26 Å². The Morgan fingerprint density at radius 1 is 1.17 bits per heavy atom. The van der Waals surface area contributed by atoms with Crippen LogP contribution in [0.4, 0.5) is 0 Å². The lowest BCUT2D eigenvalue weighted by molar-refractivity contribution is 0.0735. The Morgan fingerprint density at radius 3 is 2.54 bits per heavy atom. The zero-order valence-electron chi connectivity index (χ0n) is 13.1. The molecule has 1 heterocycles. The molecular formula is C17H15NO5S. The molecule has 7 heteroatoms. The summed E-state index contributed by atoms with van der Waals surface area (Å²) in [6, 6.07) is 11.2. The molecule has 0 aliphatic heterocycles. The summed E-state index contributed by atoms with van der Waals surface area (Å²) in [5.41, 5.74) is 2.19. The molecule has 0 saturated carbocycles. The van der Waals surface area contributed by atoms with E-state index in [2.05, 4.69) is 4.98 Å². The van der Waals surface area contributed by atoms with Gasteiger partial charge in [0.25, 0.3) is 0 Å². The Kier molecular flexibility index (Phi) is 4.11. The molecule has 0 amide bonds. The largest absolute Gasteiger partial charge is 0.441 e. The van der Waals surface area contributed by atoms with Gasteiger partial charge >= 0.3 is 5.97 Å². The highest BCUT2D eigenvalue weighted by Crippen LogP contribution is 2.22. The van der Waals surface area contributed by atoms with Crippen LogP contribution in [0.15, 0.2) is 46.9 Å². The van der Waals surface area contributed by atoms with Gasteiger partial charge in [0.1, 0.15) is 11.3 Å². The first kappa shape index (κ1) is 16.2. The maximum Gasteiger partial charge on any atom is 0.343 e. The first-order valence-corrected chi connectivity index (χ1v) is 9.22. The molecule has 3 rings (SSSR count). The summed E-state index contributed by atoms with van der Waals surface area (Å²) in [6.07, 6.45) is 1.16. The van der Waals surface area contributed by atoms with E-state index in [0.29, 0.717) is 33.9 Å². The lowest BCUT2D eigenvalue weighted by Gasteiger charge is -2.05. The van der Waals surface area contributed by atoms with Crippen molar-refractivity contribution in [2.24, 2.45) is 0 Å². The molecule has 0 atom stereocenters. The van der Waals surface area contributed by atoms with Gasteiger partial charge in [-0.15, -0.1) is 0 Å². The maximum absolute atomic E-state index is 12.2. The minimum atomic E-state index is -3.11. The monoisotopic (exact) mass is 345 g/mol. The Labute approximate surface area is 139 Å². The van der Waals surface area contributed by atoms with Gasteiger partial charge in [-0.05, 0) is 29.8 Å². The summed E-state index contributed by atoms with van der Waals surface area (Å²) in [6.45, 7) is 1.74. The number of rotatable bonds is 4. The molecule has 0 bridgehead atoms. The molecular weight excluding hydrogens is 330 g/mol. The first-order valence-electron chi connectivity index (χ1n) is 7.16. The average molecular weight is 345 g/mol. The second-order valence-corrected chi connectivity index (χ2v) is 7.66. The topological polar surface area (TPSA) is 86.5 Å². The van der Waals surface area contributed by atoms with Gasteiger partial charge in [-0.1, -0.05) is 12.1 Å². The van der Waals surface area contributed by atoms with Gasteiger partial charge < -0.3 is 9.15 Å². The van der Waals surface area contributed by atoms with E-state index in [1.54, 1.807) is 49.4 Å². The van der Waals surface area contributed by atoms with Crippen LogP contribution in [0.1, 0.15) is 21.8 Å². The second-order valence-electron chi connectivity index (χ2n) is 5.52. The number of ether oxygens (including phenoxy) is 1. The molecule has 0 spiro atoms. The predicted molar refractivity (Wildman–Crippen MR) is 88.7 cm³/mol. The number of nitrogens with zero attached hydrogens (tertiary/aromatic N) is 1. The van der Waals surface area contributed by atoms with Crippen LogP contribution in [0, 0.1) is 6.92 Å². The van der Waals surface area contributed by atoms with E-state index in [1.165, 1.54) is 0 Å². The van der Waals surface area contributed by atoms with E-state index < -0.39 is 15.8 Å². The van der Waals surface area contributed by atoms with Crippen LogP contribution in [-0.4, -0.2) is 25.6 Å². The van der Waals surface area contributed by atoms with Crippen LogP contribution in [0.2, 0.25) is 0 Å². The normalized spacial score (nSPS) is 11.6. The van der Waals surface area contributed by atoms with Gasteiger partial charge in [0.15, 0.2) is 21.3 Å². The molecule has 24 heavy (non-hydrogen) atoms. The van der Waals surface area contributed by atoms with Crippen LogP contribution < -0.4 is 4.74 Å². The van der Waals surface area contributed by atoms with Gasteiger partial charge in [0.2, 0.25) is 0 Å². The molecule has 0 radical (unpaired) electrons. The molecule has 0 N–H and O–H groups in total. The molecule has 0 unspecified atom stereocenters. The number of carbonyl (C=O) groups excluding carboxylic acids is 1. The lowest BCUT2D eigenvalue weighted by Crippen LogP contribution is -2.09. The van der Waals surface area contributed by atoms with Crippen molar-refractivity contribution in [3.05, 3.63) is 59.5 Å². The smallest absolute Gasteiger partial charge is 0.343 e. The number of aryl methyl sites for hydroxylation is 1. The van der Waals surface area contributed by atoms with Crippen molar-refractivity contribution in [2.45, 2.75) is 12.7 Å². The van der Waals surface area contributed by atoms with Crippen molar-refractivity contribution in [3.8, 4) is 5.75 Å². The van der Waals surface area contributed by atoms with Crippen molar-refractivity contribution < 1.29 is 22.4 Å². The predicted octanol–water partition coefficient (Wildman–Crippen LogP) is 2.90. The van der Waals surface area contributed by atoms with Crippen LogP contribution >= 0.6 is 0 Å². The lowest BCUT2D eigenvalue weighted by atomic mass is 10.1. The Hall–Kier alpha value is -2.67. The minimum Gasteiger partial charge on any atom is -0.441 e. The summed E-state index contributed by atoms with van der Waals surface area (Å²) in [7, 11) is -3.11. The summed E-state index contributed by atoms with van der Waals surface area (Å²) in [5, 5.41) is 0. The van der Waals surface area contributed by atoms with Crippen LogP contribution in [-0.2, 0) is 15.6 Å². The molecule has 0 fully saturated rings. The van der Waals surface area contributed by atoms with Crippen molar-refractivity contribution in [1.82, 2.24) is 4.98 Å². The van der Waals surface area contributed by atoms with E-state index in [-0.39, 0.29) is 5.75 Å². The Balaban J connectivity index is 1.75. The molecule has 1 aromatic heterocycles. The number of benzene rings is 2. The van der Waals surface area contributed by atoms with Crippen LogP contribution in [0.5, 0.6) is 5.75 Å². The van der Waals surface area contributed by atoms with Gasteiger partial charge in [-0.3, -0.25) is 0 Å². The molecule has 6 nitrogen and oxygen atoms in total. The molecule has 3 aromatic rings. The van der Waals surface area contributed by atoms with Gasteiger partial charge in [0.05, 0.1) is 11.3 Å². The molecule has 0 aliphatic rings. The molecule has 0 aliphatic carbocycles. The number of aromatic nitrogens is 1. The van der Waals surface area contributed by atoms with E-state index >= 15 is 0 Å². The third-order valence-corrected chi connectivity index (χ3v) is 4.15. The van der Waals surface area contributed by atoms with Crippen LogP contribution in [0.25, 0.3) is 11.1 Å². The summed E-state index contributed by atoms with van der Waals surface area (Å²) >= 11 is 0. The maximum atomic E-state index is 12.2. The standard InChI is InChI=1S/C17H15NO5S/c1-11-18-15-8-7-14(9-16(15)22-11)23-17(19)13-5-3-12(4-6-13)10-24(2,20)21/h3-9H,10H2,1-2H3. The minimum absolute atomic E-state index is 0.0656. The summed E-state index contributed by atoms with van der Waals surface area (Å²) in [5.74, 6) is 0.291. The number of oxazole rings is 1. The third kappa shape index (κ3) is 3.80. The Bertz CT molecular complexity index is 1000. The zero-order valence-corrected chi connectivity index (χ0v) is 14.0. The molecule has 124 valence electrons. The number of fused-ring (bicyclic) bond motifs is 1. The Morgan fingerprint density at radius 2 is 1.88 bits per heavy atom. The fourth-order valence-corrected chi connectivity index (χ4v) is 3.09. The number of hydrogen-bond donors (Lipinski definition) is 0. The number of esters is 1. The van der Waals surface area contributed by atoms with Gasteiger partial charge in [0, 0.05) is 19.2 Å². The highest BCUT2D eigenvalue weighted by molar-refractivity contribution is 7.89. The first-order chi connectivity index (χ1) is 11.3. The number of hydrogen-bond acceptors (Lipinski definition) is 6. The van der Waals surface area contributed by atoms with Crippen LogP contribution in [0.3, 0.4) is 0 Å². The van der Waals surface area contributed by atoms with E-state index in [1.807, 2.05) is 0 Å².